The van der Waals surface area contributed by atoms with Crippen LogP contribution in [0.25, 0.3) is 0 Å². The number of rotatable bonds is 4. The van der Waals surface area contributed by atoms with Gasteiger partial charge in [0.2, 0.25) is 0 Å². The van der Waals surface area contributed by atoms with Crippen LogP contribution in [0.1, 0.15) is 6.92 Å². The first-order valence-corrected chi connectivity index (χ1v) is 5.11. The van der Waals surface area contributed by atoms with Gasteiger partial charge >= 0.3 is 5.97 Å². The zero-order valence-corrected chi connectivity index (χ0v) is 10.0. The van der Waals surface area contributed by atoms with Gasteiger partial charge in [0.1, 0.15) is 6.04 Å². The molecule has 92 valence electrons. The number of esters is 1. The summed E-state index contributed by atoms with van der Waals surface area (Å²) in [7, 11) is 1.28. The van der Waals surface area contributed by atoms with Crippen molar-refractivity contribution in [2.45, 2.75) is 13.0 Å². The minimum atomic E-state index is -0.584. The van der Waals surface area contributed by atoms with E-state index in [2.05, 4.69) is 10.1 Å². The number of carbonyl (C=O) groups excluding carboxylic acids is 1. The third-order valence-electron chi connectivity index (χ3n) is 2.09. The molecule has 17 heavy (non-hydrogen) atoms. The molecule has 1 aromatic rings. The van der Waals surface area contributed by atoms with Gasteiger partial charge in [-0.25, -0.2) is 4.79 Å². The number of methoxy groups -OCH3 is 1. The molecule has 0 spiro atoms. The normalized spacial score (nSPS) is 11.7. The maximum Gasteiger partial charge on any atom is 0.327 e. The molecule has 1 unspecified atom stereocenters. The lowest BCUT2D eigenvalue weighted by Crippen LogP contribution is -2.27. The van der Waals surface area contributed by atoms with Crippen molar-refractivity contribution in [2.24, 2.45) is 0 Å². The Kier molecular flexibility index (Phi) is 4.28. The SMILES string of the molecule is COC(=O)C(C)Nc1ccc([N+](=O)[O-])cc1Cl. The van der Waals surface area contributed by atoms with Crippen molar-refractivity contribution in [3.63, 3.8) is 0 Å². The monoisotopic (exact) mass is 258 g/mol. The number of halogens is 1. The van der Waals surface area contributed by atoms with E-state index in [9.17, 15) is 14.9 Å². The number of nitro groups is 1. The second-order valence-electron chi connectivity index (χ2n) is 3.31. The summed E-state index contributed by atoms with van der Waals surface area (Å²) in [5, 5.41) is 13.5. The van der Waals surface area contributed by atoms with Crippen molar-refractivity contribution < 1.29 is 14.5 Å². The second kappa shape index (κ2) is 5.49. The van der Waals surface area contributed by atoms with E-state index in [1.165, 1.54) is 25.3 Å². The van der Waals surface area contributed by atoms with E-state index in [0.717, 1.165) is 0 Å². The molecule has 0 aromatic heterocycles. The Bertz CT molecular complexity index is 450. The van der Waals surface area contributed by atoms with E-state index < -0.39 is 16.9 Å². The molecule has 0 aliphatic carbocycles. The van der Waals surface area contributed by atoms with Crippen LogP contribution < -0.4 is 5.32 Å². The second-order valence-corrected chi connectivity index (χ2v) is 3.72. The fourth-order valence-corrected chi connectivity index (χ4v) is 1.43. The van der Waals surface area contributed by atoms with Gasteiger partial charge in [0.05, 0.1) is 22.7 Å². The fourth-order valence-electron chi connectivity index (χ4n) is 1.20. The molecule has 1 aromatic carbocycles. The molecule has 0 aliphatic rings. The quantitative estimate of drug-likeness (QED) is 0.509. The van der Waals surface area contributed by atoms with Gasteiger partial charge in [0, 0.05) is 12.1 Å². The van der Waals surface area contributed by atoms with Gasteiger partial charge < -0.3 is 10.1 Å². The van der Waals surface area contributed by atoms with Crippen molar-refractivity contribution in [3.8, 4) is 0 Å². The first-order valence-electron chi connectivity index (χ1n) is 4.74. The van der Waals surface area contributed by atoms with E-state index in [-0.39, 0.29) is 10.7 Å². The lowest BCUT2D eigenvalue weighted by atomic mass is 10.2. The number of ether oxygens (including phenoxy) is 1. The molecule has 0 amide bonds. The molecule has 0 aliphatic heterocycles. The smallest absolute Gasteiger partial charge is 0.327 e. The van der Waals surface area contributed by atoms with Crippen LogP contribution in [0.5, 0.6) is 0 Å². The van der Waals surface area contributed by atoms with Crippen LogP contribution in [0, 0.1) is 10.1 Å². The molecule has 1 N–H and O–H groups in total. The van der Waals surface area contributed by atoms with Crippen LogP contribution in [0.15, 0.2) is 18.2 Å². The predicted molar refractivity (Wildman–Crippen MR) is 63.2 cm³/mol. The first kappa shape index (κ1) is 13.2. The van der Waals surface area contributed by atoms with Gasteiger partial charge in [0.25, 0.3) is 5.69 Å². The Hall–Kier alpha value is -1.82. The topological polar surface area (TPSA) is 81.5 Å². The Morgan fingerprint density at radius 2 is 2.24 bits per heavy atom. The van der Waals surface area contributed by atoms with Crippen molar-refractivity contribution in [2.75, 3.05) is 12.4 Å². The summed E-state index contributed by atoms with van der Waals surface area (Å²) in [4.78, 5) is 21.1. The summed E-state index contributed by atoms with van der Waals surface area (Å²) in [6.45, 7) is 1.60. The zero-order valence-electron chi connectivity index (χ0n) is 9.27. The summed E-state index contributed by atoms with van der Waals surface area (Å²) in [6, 6.07) is 3.38. The molecule has 7 heteroatoms. The maximum atomic E-state index is 11.2. The number of non-ortho nitro benzene ring substituents is 1. The highest BCUT2D eigenvalue weighted by Gasteiger charge is 2.15. The first-order chi connectivity index (χ1) is 7.95. The van der Waals surface area contributed by atoms with Gasteiger partial charge in [-0.05, 0) is 13.0 Å². The van der Waals surface area contributed by atoms with E-state index in [0.29, 0.717) is 5.69 Å². The van der Waals surface area contributed by atoms with Crippen LogP contribution >= 0.6 is 11.6 Å². The number of anilines is 1. The van der Waals surface area contributed by atoms with E-state index in [4.69, 9.17) is 11.6 Å². The molecule has 0 saturated heterocycles. The van der Waals surface area contributed by atoms with Gasteiger partial charge in [-0.1, -0.05) is 11.6 Å². The van der Waals surface area contributed by atoms with Crippen LogP contribution in [0.2, 0.25) is 5.02 Å². The molecular formula is C10H11ClN2O4. The predicted octanol–water partition coefficient (Wildman–Crippen LogP) is 2.22. The standard InChI is InChI=1S/C10H11ClN2O4/c1-6(10(14)17-2)12-9-4-3-7(13(15)16)5-8(9)11/h3-6,12H,1-2H3. The molecule has 0 bridgehead atoms. The Morgan fingerprint density at radius 1 is 1.59 bits per heavy atom. The Morgan fingerprint density at radius 3 is 2.71 bits per heavy atom. The van der Waals surface area contributed by atoms with Gasteiger partial charge in [-0.2, -0.15) is 0 Å². The fraction of sp³-hybridized carbons (Fsp3) is 0.300. The molecule has 1 rings (SSSR count). The van der Waals surface area contributed by atoms with Crippen LogP contribution in [0.3, 0.4) is 0 Å². The third kappa shape index (κ3) is 3.32. The molecule has 0 saturated carbocycles. The lowest BCUT2D eigenvalue weighted by molar-refractivity contribution is -0.384. The number of hydrogen-bond donors (Lipinski definition) is 1. The van der Waals surface area contributed by atoms with Crippen molar-refractivity contribution in [1.82, 2.24) is 0 Å². The molecular weight excluding hydrogens is 248 g/mol. The molecule has 1 atom stereocenters. The van der Waals surface area contributed by atoms with Crippen LogP contribution in [0.4, 0.5) is 11.4 Å². The van der Waals surface area contributed by atoms with Crippen LogP contribution in [-0.4, -0.2) is 24.0 Å². The molecule has 0 radical (unpaired) electrons. The summed E-state index contributed by atoms with van der Waals surface area (Å²) < 4.78 is 4.53. The van der Waals surface area contributed by atoms with E-state index in [1.54, 1.807) is 6.92 Å². The summed E-state index contributed by atoms with van der Waals surface area (Å²) >= 11 is 5.85. The Balaban J connectivity index is 2.86. The van der Waals surface area contributed by atoms with E-state index in [1.807, 2.05) is 0 Å². The van der Waals surface area contributed by atoms with Gasteiger partial charge in [0.15, 0.2) is 0 Å². The third-order valence-corrected chi connectivity index (χ3v) is 2.40. The van der Waals surface area contributed by atoms with Crippen molar-refractivity contribution >= 4 is 28.9 Å². The molecule has 0 fully saturated rings. The minimum Gasteiger partial charge on any atom is -0.467 e. The highest BCUT2D eigenvalue weighted by molar-refractivity contribution is 6.33. The van der Waals surface area contributed by atoms with Crippen molar-refractivity contribution in [1.29, 1.82) is 0 Å². The number of hydrogen-bond acceptors (Lipinski definition) is 5. The number of carbonyl (C=O) groups is 1. The van der Waals surface area contributed by atoms with E-state index >= 15 is 0 Å². The van der Waals surface area contributed by atoms with Gasteiger partial charge in [-0.3, -0.25) is 10.1 Å². The van der Waals surface area contributed by atoms with Gasteiger partial charge in [-0.15, -0.1) is 0 Å². The van der Waals surface area contributed by atoms with Crippen LogP contribution in [-0.2, 0) is 9.53 Å². The number of nitrogens with zero attached hydrogens (tertiary/aromatic N) is 1. The highest BCUT2D eigenvalue weighted by Crippen LogP contribution is 2.27. The summed E-state index contributed by atoms with van der Waals surface area (Å²) in [6.07, 6.45) is 0. The Labute approximate surface area is 103 Å². The molecule has 0 heterocycles. The largest absolute Gasteiger partial charge is 0.467 e. The number of nitro benzene ring substituents is 1. The van der Waals surface area contributed by atoms with Crippen molar-refractivity contribution in [3.05, 3.63) is 33.3 Å². The average molecular weight is 259 g/mol. The number of benzene rings is 1. The summed E-state index contributed by atoms with van der Waals surface area (Å²) in [5.41, 5.74) is 0.335. The number of nitrogens with one attached hydrogen (secondary N) is 1. The lowest BCUT2D eigenvalue weighted by Gasteiger charge is -2.13. The zero-order chi connectivity index (χ0) is 13.0. The average Bonchev–Trinajstić information content (AvgIpc) is 2.30. The summed E-state index contributed by atoms with van der Waals surface area (Å²) in [5.74, 6) is -0.445. The maximum absolute atomic E-state index is 11.2. The minimum absolute atomic E-state index is 0.105. The highest BCUT2D eigenvalue weighted by atomic mass is 35.5. The molecule has 6 nitrogen and oxygen atoms in total.